The van der Waals surface area contributed by atoms with E-state index in [0.29, 0.717) is 0 Å². The molecule has 0 saturated carbocycles. The second kappa shape index (κ2) is 6.89. The molecule has 2 atom stereocenters. The first-order valence-corrected chi connectivity index (χ1v) is 6.13. The Morgan fingerprint density at radius 2 is 1.89 bits per heavy atom. The van der Waals surface area contributed by atoms with Crippen molar-refractivity contribution in [3.63, 3.8) is 0 Å². The van der Waals surface area contributed by atoms with Gasteiger partial charge in [0.05, 0.1) is 13.0 Å². The molecular weight excluding hydrogens is 244 g/mol. The summed E-state index contributed by atoms with van der Waals surface area (Å²) in [5.74, 6) is -1.05. The van der Waals surface area contributed by atoms with Gasteiger partial charge in [-0.05, 0) is 12.5 Å². The van der Waals surface area contributed by atoms with Crippen LogP contribution in [0.25, 0.3) is 0 Å². The number of amides is 1. The summed E-state index contributed by atoms with van der Waals surface area (Å²) in [7, 11) is 1.32. The molecule has 1 rings (SSSR count). The van der Waals surface area contributed by atoms with Crippen molar-refractivity contribution in [2.45, 2.75) is 19.9 Å². The molecule has 0 saturated heterocycles. The van der Waals surface area contributed by atoms with Crippen LogP contribution in [0.2, 0.25) is 0 Å². The third-order valence-electron chi connectivity index (χ3n) is 2.90. The first-order chi connectivity index (χ1) is 8.95. The van der Waals surface area contributed by atoms with Gasteiger partial charge in [-0.1, -0.05) is 36.8 Å². The number of methoxy groups -OCH3 is 1. The zero-order valence-corrected chi connectivity index (χ0v) is 11.5. The van der Waals surface area contributed by atoms with Gasteiger partial charge in [-0.15, -0.1) is 0 Å². The van der Waals surface area contributed by atoms with Gasteiger partial charge in [-0.25, -0.2) is 0 Å². The second-order valence-corrected chi connectivity index (χ2v) is 4.56. The molecule has 3 N–H and O–H groups in total. The summed E-state index contributed by atoms with van der Waals surface area (Å²) in [6.45, 7) is 3.86. The summed E-state index contributed by atoms with van der Waals surface area (Å²) in [5, 5.41) is 2.65. The third-order valence-corrected chi connectivity index (χ3v) is 2.90. The van der Waals surface area contributed by atoms with Crippen molar-refractivity contribution in [3.05, 3.63) is 35.4 Å². The number of carbonyl (C=O) groups is 2. The first kappa shape index (κ1) is 15.2. The summed E-state index contributed by atoms with van der Waals surface area (Å²) < 4.78 is 4.58. The third kappa shape index (κ3) is 4.37. The number of benzene rings is 1. The first-order valence-electron chi connectivity index (χ1n) is 6.13. The fraction of sp³-hybridized carbons (Fsp3) is 0.429. The van der Waals surface area contributed by atoms with Gasteiger partial charge in [0.15, 0.2) is 0 Å². The maximum Gasteiger partial charge on any atom is 0.310 e. The van der Waals surface area contributed by atoms with Gasteiger partial charge in [0.2, 0.25) is 5.91 Å². The van der Waals surface area contributed by atoms with E-state index >= 15 is 0 Å². The Hall–Kier alpha value is -1.88. The van der Waals surface area contributed by atoms with Crippen LogP contribution in [0, 0.1) is 12.8 Å². The highest BCUT2D eigenvalue weighted by Gasteiger charge is 2.18. The Morgan fingerprint density at radius 3 is 2.42 bits per heavy atom. The van der Waals surface area contributed by atoms with Gasteiger partial charge in [-0.2, -0.15) is 0 Å². The molecule has 5 nitrogen and oxygen atoms in total. The van der Waals surface area contributed by atoms with Gasteiger partial charge in [-0.3, -0.25) is 9.59 Å². The number of carbonyl (C=O) groups excluding carboxylic acids is 2. The minimum atomic E-state index is -0.731. The Balaban J connectivity index is 2.54. The van der Waals surface area contributed by atoms with Crippen molar-refractivity contribution >= 4 is 11.9 Å². The summed E-state index contributed by atoms with van der Waals surface area (Å²) in [6.07, 6.45) is 0. The molecule has 19 heavy (non-hydrogen) atoms. The van der Waals surface area contributed by atoms with Gasteiger partial charge in [0.1, 0.15) is 6.04 Å². The van der Waals surface area contributed by atoms with E-state index in [1.54, 1.807) is 6.92 Å². The van der Waals surface area contributed by atoms with E-state index in [0.717, 1.165) is 11.1 Å². The van der Waals surface area contributed by atoms with Crippen LogP contribution < -0.4 is 11.1 Å². The summed E-state index contributed by atoms with van der Waals surface area (Å²) >= 11 is 0. The number of esters is 1. The zero-order valence-electron chi connectivity index (χ0n) is 11.5. The number of rotatable bonds is 5. The molecule has 1 aromatic rings. The van der Waals surface area contributed by atoms with Crippen molar-refractivity contribution in [1.82, 2.24) is 5.32 Å². The topological polar surface area (TPSA) is 81.4 Å². The molecule has 0 aromatic heterocycles. The second-order valence-electron chi connectivity index (χ2n) is 4.56. The summed E-state index contributed by atoms with van der Waals surface area (Å²) in [5.41, 5.74) is 7.71. The highest BCUT2D eigenvalue weighted by Crippen LogP contribution is 2.11. The molecule has 104 valence electrons. The van der Waals surface area contributed by atoms with Crippen LogP contribution in [0.1, 0.15) is 24.1 Å². The Kier molecular flexibility index (Phi) is 5.51. The predicted octanol–water partition coefficient (Wildman–Crippen LogP) is 0.920. The standard InChI is InChI=1S/C14H20N2O3/c1-9-4-6-11(7-5-9)12(15)13(17)16-8-10(2)14(18)19-3/h4-7,10,12H,8,15H2,1-3H3,(H,16,17). The maximum atomic E-state index is 11.9. The van der Waals surface area contributed by atoms with Crippen LogP contribution >= 0.6 is 0 Å². The highest BCUT2D eigenvalue weighted by atomic mass is 16.5. The molecule has 1 amide bonds. The van der Waals surface area contributed by atoms with Gasteiger partial charge in [0.25, 0.3) is 0 Å². The number of ether oxygens (including phenoxy) is 1. The lowest BCUT2D eigenvalue weighted by atomic mass is 10.1. The molecule has 0 radical (unpaired) electrons. The lowest BCUT2D eigenvalue weighted by molar-refractivity contribution is -0.144. The quantitative estimate of drug-likeness (QED) is 0.775. The largest absolute Gasteiger partial charge is 0.469 e. The van der Waals surface area contributed by atoms with Crippen molar-refractivity contribution < 1.29 is 14.3 Å². The molecular formula is C14H20N2O3. The number of hydrogen-bond donors (Lipinski definition) is 2. The molecule has 0 aliphatic rings. The predicted molar refractivity (Wildman–Crippen MR) is 72.3 cm³/mol. The number of nitrogens with two attached hydrogens (primary N) is 1. The van der Waals surface area contributed by atoms with Gasteiger partial charge in [0, 0.05) is 6.54 Å². The molecule has 0 aliphatic heterocycles. The summed E-state index contributed by atoms with van der Waals surface area (Å²) in [4.78, 5) is 23.1. The highest BCUT2D eigenvalue weighted by molar-refractivity contribution is 5.83. The molecule has 2 unspecified atom stereocenters. The van der Waals surface area contributed by atoms with Crippen molar-refractivity contribution in [3.8, 4) is 0 Å². The maximum absolute atomic E-state index is 11.9. The van der Waals surface area contributed by atoms with Crippen molar-refractivity contribution in [2.24, 2.45) is 11.7 Å². The number of hydrogen-bond acceptors (Lipinski definition) is 4. The number of aryl methyl sites for hydroxylation is 1. The monoisotopic (exact) mass is 264 g/mol. The molecule has 1 aromatic carbocycles. The average Bonchev–Trinajstić information content (AvgIpc) is 2.43. The molecule has 0 spiro atoms. The normalized spacial score (nSPS) is 13.5. The average molecular weight is 264 g/mol. The van der Waals surface area contributed by atoms with Crippen LogP contribution in [0.5, 0.6) is 0 Å². The fourth-order valence-electron chi connectivity index (χ4n) is 1.57. The lowest BCUT2D eigenvalue weighted by Gasteiger charge is -2.15. The van der Waals surface area contributed by atoms with E-state index in [-0.39, 0.29) is 24.3 Å². The van der Waals surface area contributed by atoms with E-state index in [4.69, 9.17) is 5.73 Å². The van der Waals surface area contributed by atoms with E-state index < -0.39 is 6.04 Å². The molecule has 0 bridgehead atoms. The molecule has 0 fully saturated rings. The molecule has 0 heterocycles. The minimum Gasteiger partial charge on any atom is -0.469 e. The van der Waals surface area contributed by atoms with E-state index in [1.165, 1.54) is 7.11 Å². The Bertz CT molecular complexity index is 443. The summed E-state index contributed by atoms with van der Waals surface area (Å²) in [6, 6.07) is 6.72. The van der Waals surface area contributed by atoms with Crippen LogP contribution in [0.4, 0.5) is 0 Å². The van der Waals surface area contributed by atoms with Gasteiger partial charge >= 0.3 is 5.97 Å². The van der Waals surface area contributed by atoms with Crippen LogP contribution in [0.3, 0.4) is 0 Å². The Labute approximate surface area is 113 Å². The minimum absolute atomic E-state index is 0.213. The SMILES string of the molecule is COC(=O)C(C)CNC(=O)C(N)c1ccc(C)cc1. The van der Waals surface area contributed by atoms with Crippen LogP contribution in [0.15, 0.2) is 24.3 Å². The fourth-order valence-corrected chi connectivity index (χ4v) is 1.57. The molecule has 5 heteroatoms. The lowest BCUT2D eigenvalue weighted by Crippen LogP contribution is -2.38. The van der Waals surface area contributed by atoms with Gasteiger partial charge < -0.3 is 15.8 Å². The number of nitrogens with one attached hydrogen (secondary N) is 1. The van der Waals surface area contributed by atoms with E-state index in [1.807, 2.05) is 31.2 Å². The van der Waals surface area contributed by atoms with Crippen molar-refractivity contribution in [1.29, 1.82) is 0 Å². The zero-order chi connectivity index (χ0) is 14.4. The van der Waals surface area contributed by atoms with Crippen molar-refractivity contribution in [2.75, 3.05) is 13.7 Å². The van der Waals surface area contributed by atoms with E-state index in [9.17, 15) is 9.59 Å². The molecule has 0 aliphatic carbocycles. The van der Waals surface area contributed by atoms with E-state index in [2.05, 4.69) is 10.1 Å². The Morgan fingerprint density at radius 1 is 1.32 bits per heavy atom. The smallest absolute Gasteiger partial charge is 0.310 e. The van der Waals surface area contributed by atoms with Crippen LogP contribution in [-0.4, -0.2) is 25.5 Å². The van der Waals surface area contributed by atoms with Crippen LogP contribution in [-0.2, 0) is 14.3 Å².